The molecule has 16 heavy (non-hydrogen) atoms. The van der Waals surface area contributed by atoms with Gasteiger partial charge in [0.25, 0.3) is 0 Å². The Balaban J connectivity index is 1.96. The van der Waals surface area contributed by atoms with Gasteiger partial charge in [-0.1, -0.05) is 32.9 Å². The lowest BCUT2D eigenvalue weighted by Gasteiger charge is -2.19. The molecule has 2 rings (SSSR count). The maximum Gasteiger partial charge on any atom is 0.0340 e. The number of nitrogens with two attached hydrogens (primary N) is 1. The molecule has 3 N–H and O–H groups in total. The van der Waals surface area contributed by atoms with Crippen LogP contribution < -0.4 is 11.1 Å². The van der Waals surface area contributed by atoms with Crippen molar-refractivity contribution in [3.05, 3.63) is 29.8 Å². The number of anilines is 1. The van der Waals surface area contributed by atoms with Gasteiger partial charge in [-0.15, -0.1) is 0 Å². The molecule has 1 aliphatic rings. The van der Waals surface area contributed by atoms with Crippen LogP contribution in [0.4, 0.5) is 5.69 Å². The molecule has 0 amide bonds. The predicted molar refractivity (Wildman–Crippen MR) is 69.8 cm³/mol. The van der Waals surface area contributed by atoms with Crippen LogP contribution in [0.25, 0.3) is 0 Å². The second-order valence-corrected chi connectivity index (χ2v) is 6.04. The number of hydrogen-bond donors (Lipinski definition) is 2. The van der Waals surface area contributed by atoms with Gasteiger partial charge in [-0.2, -0.15) is 0 Å². The van der Waals surface area contributed by atoms with E-state index in [4.69, 9.17) is 5.73 Å². The molecule has 1 saturated carbocycles. The molecule has 0 radical (unpaired) electrons. The number of benzene rings is 1. The molecule has 2 heteroatoms. The predicted octanol–water partition coefficient (Wildman–Crippen LogP) is 2.89. The number of nitrogens with one attached hydrogen (secondary N) is 1. The second kappa shape index (κ2) is 3.77. The van der Waals surface area contributed by atoms with Gasteiger partial charge >= 0.3 is 0 Å². The van der Waals surface area contributed by atoms with Crippen molar-refractivity contribution in [1.82, 2.24) is 0 Å². The molecular weight excluding hydrogens is 196 g/mol. The molecule has 0 heterocycles. The van der Waals surface area contributed by atoms with Crippen LogP contribution in [0, 0.1) is 0 Å². The zero-order chi connectivity index (χ0) is 11.8. The molecule has 0 bridgehead atoms. The summed E-state index contributed by atoms with van der Waals surface area (Å²) in [6.45, 7) is 7.58. The topological polar surface area (TPSA) is 38.0 Å². The molecule has 1 aromatic carbocycles. The Labute approximate surface area is 98.2 Å². The third-order valence-corrected chi connectivity index (χ3v) is 3.29. The molecular formula is C14H22N2. The summed E-state index contributed by atoms with van der Waals surface area (Å²) < 4.78 is 0. The maximum atomic E-state index is 6.03. The van der Waals surface area contributed by atoms with Crippen molar-refractivity contribution in [3.63, 3.8) is 0 Å². The molecule has 0 aliphatic heterocycles. The SMILES string of the molecule is CC(C)(C)c1ccc(NCC2(N)CC2)cc1. The fraction of sp³-hybridized carbons (Fsp3) is 0.571. The highest BCUT2D eigenvalue weighted by molar-refractivity contribution is 5.46. The molecule has 2 nitrogen and oxygen atoms in total. The largest absolute Gasteiger partial charge is 0.383 e. The van der Waals surface area contributed by atoms with Gasteiger partial charge in [0.05, 0.1) is 0 Å². The highest BCUT2D eigenvalue weighted by atomic mass is 15.0. The van der Waals surface area contributed by atoms with Crippen molar-refractivity contribution in [2.75, 3.05) is 11.9 Å². The first-order valence-corrected chi connectivity index (χ1v) is 6.02. The van der Waals surface area contributed by atoms with Crippen molar-refractivity contribution in [1.29, 1.82) is 0 Å². The van der Waals surface area contributed by atoms with Gasteiger partial charge in [0.1, 0.15) is 0 Å². The van der Waals surface area contributed by atoms with E-state index in [-0.39, 0.29) is 11.0 Å². The Morgan fingerprint density at radius 1 is 1.19 bits per heavy atom. The first-order chi connectivity index (χ1) is 7.39. The minimum absolute atomic E-state index is 0.0721. The molecule has 1 aromatic rings. The summed E-state index contributed by atoms with van der Waals surface area (Å²) in [6, 6.07) is 8.68. The van der Waals surface area contributed by atoms with Gasteiger partial charge in [0.2, 0.25) is 0 Å². The van der Waals surface area contributed by atoms with Gasteiger partial charge in [0, 0.05) is 17.8 Å². The van der Waals surface area contributed by atoms with E-state index in [2.05, 4.69) is 50.4 Å². The second-order valence-electron chi connectivity index (χ2n) is 6.04. The van der Waals surface area contributed by atoms with E-state index >= 15 is 0 Å². The Bertz CT molecular complexity index is 355. The van der Waals surface area contributed by atoms with E-state index in [0.717, 1.165) is 19.4 Å². The quantitative estimate of drug-likeness (QED) is 0.818. The Morgan fingerprint density at radius 3 is 2.19 bits per heavy atom. The normalized spacial score (nSPS) is 18.2. The first kappa shape index (κ1) is 11.5. The van der Waals surface area contributed by atoms with Crippen LogP contribution in [-0.2, 0) is 5.41 Å². The average molecular weight is 218 g/mol. The molecule has 1 fully saturated rings. The number of rotatable bonds is 3. The smallest absolute Gasteiger partial charge is 0.0340 e. The van der Waals surface area contributed by atoms with Crippen molar-refractivity contribution < 1.29 is 0 Å². The third-order valence-electron chi connectivity index (χ3n) is 3.29. The van der Waals surface area contributed by atoms with E-state index in [1.807, 2.05) is 0 Å². The Kier molecular flexibility index (Phi) is 2.70. The summed E-state index contributed by atoms with van der Waals surface area (Å²) >= 11 is 0. The number of hydrogen-bond acceptors (Lipinski definition) is 2. The minimum Gasteiger partial charge on any atom is -0.383 e. The van der Waals surface area contributed by atoms with E-state index in [0.29, 0.717) is 0 Å². The van der Waals surface area contributed by atoms with Gasteiger partial charge < -0.3 is 11.1 Å². The van der Waals surface area contributed by atoms with Crippen LogP contribution in [0.2, 0.25) is 0 Å². The van der Waals surface area contributed by atoms with Gasteiger partial charge in [0.15, 0.2) is 0 Å². The van der Waals surface area contributed by atoms with Crippen LogP contribution in [0.1, 0.15) is 39.2 Å². The lowest BCUT2D eigenvalue weighted by atomic mass is 9.87. The van der Waals surface area contributed by atoms with E-state index in [9.17, 15) is 0 Å². The Morgan fingerprint density at radius 2 is 1.75 bits per heavy atom. The highest BCUT2D eigenvalue weighted by Crippen LogP contribution is 2.32. The summed E-state index contributed by atoms with van der Waals surface area (Å²) in [4.78, 5) is 0. The molecule has 88 valence electrons. The van der Waals surface area contributed by atoms with Crippen LogP contribution in [0.5, 0.6) is 0 Å². The third kappa shape index (κ3) is 2.76. The fourth-order valence-electron chi connectivity index (χ4n) is 1.70. The van der Waals surface area contributed by atoms with Crippen molar-refractivity contribution >= 4 is 5.69 Å². The minimum atomic E-state index is 0.0721. The molecule has 0 unspecified atom stereocenters. The molecule has 1 aliphatic carbocycles. The van der Waals surface area contributed by atoms with Crippen molar-refractivity contribution in [2.24, 2.45) is 5.73 Å². The van der Waals surface area contributed by atoms with Crippen LogP contribution in [-0.4, -0.2) is 12.1 Å². The molecule has 0 atom stereocenters. The van der Waals surface area contributed by atoms with Gasteiger partial charge in [-0.05, 0) is 36.0 Å². The summed E-state index contributed by atoms with van der Waals surface area (Å²) in [7, 11) is 0. The zero-order valence-corrected chi connectivity index (χ0v) is 10.5. The molecule has 0 aromatic heterocycles. The van der Waals surface area contributed by atoms with E-state index in [1.165, 1.54) is 11.3 Å². The lowest BCUT2D eigenvalue weighted by molar-refractivity contribution is 0.590. The summed E-state index contributed by atoms with van der Waals surface area (Å²) in [5.41, 5.74) is 8.87. The summed E-state index contributed by atoms with van der Waals surface area (Å²) in [5, 5.41) is 3.40. The van der Waals surface area contributed by atoms with Crippen molar-refractivity contribution in [2.45, 2.75) is 44.6 Å². The van der Waals surface area contributed by atoms with E-state index in [1.54, 1.807) is 0 Å². The highest BCUT2D eigenvalue weighted by Gasteiger charge is 2.37. The van der Waals surface area contributed by atoms with Gasteiger partial charge in [-0.3, -0.25) is 0 Å². The summed E-state index contributed by atoms with van der Waals surface area (Å²) in [6.07, 6.45) is 2.31. The van der Waals surface area contributed by atoms with Gasteiger partial charge in [-0.25, -0.2) is 0 Å². The fourth-order valence-corrected chi connectivity index (χ4v) is 1.70. The van der Waals surface area contributed by atoms with Crippen LogP contribution in [0.3, 0.4) is 0 Å². The van der Waals surface area contributed by atoms with Crippen LogP contribution in [0.15, 0.2) is 24.3 Å². The molecule has 0 saturated heterocycles. The van der Waals surface area contributed by atoms with E-state index < -0.39 is 0 Å². The zero-order valence-electron chi connectivity index (χ0n) is 10.5. The van der Waals surface area contributed by atoms with Crippen LogP contribution >= 0.6 is 0 Å². The standard InChI is InChI=1S/C14H22N2/c1-13(2,3)11-4-6-12(7-5-11)16-10-14(15)8-9-14/h4-7,16H,8-10,15H2,1-3H3. The summed E-state index contributed by atoms with van der Waals surface area (Å²) in [5.74, 6) is 0. The molecule has 0 spiro atoms. The van der Waals surface area contributed by atoms with Crippen molar-refractivity contribution in [3.8, 4) is 0 Å². The lowest BCUT2D eigenvalue weighted by Crippen LogP contribution is -2.31. The Hall–Kier alpha value is -1.02. The first-order valence-electron chi connectivity index (χ1n) is 6.02. The average Bonchev–Trinajstić information content (AvgIpc) is 2.94. The maximum absolute atomic E-state index is 6.03. The monoisotopic (exact) mass is 218 g/mol.